The number of carbonyl (C=O) groups is 2. The number of aryl methyl sites for hydroxylation is 1. The number of hydrogen-bond donors (Lipinski definition) is 2. The van der Waals surface area contributed by atoms with Crippen molar-refractivity contribution >= 4 is 11.9 Å². The molecule has 2 atom stereocenters. The Morgan fingerprint density at radius 3 is 2.52 bits per heavy atom. The van der Waals surface area contributed by atoms with Gasteiger partial charge < -0.3 is 15.0 Å². The lowest BCUT2D eigenvalue weighted by Gasteiger charge is -2.20. The third-order valence-electron chi connectivity index (χ3n) is 5.59. The Morgan fingerprint density at radius 2 is 1.87 bits per heavy atom. The Morgan fingerprint density at radius 1 is 1.13 bits per heavy atom. The van der Waals surface area contributed by atoms with E-state index in [0.29, 0.717) is 18.5 Å². The smallest absolute Gasteiger partial charge is 0.326 e. The summed E-state index contributed by atoms with van der Waals surface area (Å²) >= 11 is 0. The van der Waals surface area contributed by atoms with Gasteiger partial charge in [-0.3, -0.25) is 4.79 Å². The van der Waals surface area contributed by atoms with Crippen LogP contribution in [0.1, 0.15) is 61.8 Å². The van der Waals surface area contributed by atoms with Crippen molar-refractivity contribution in [1.82, 2.24) is 19.9 Å². The molecule has 0 saturated heterocycles. The summed E-state index contributed by atoms with van der Waals surface area (Å²) in [5.74, 6) is 0.186. The average Bonchev–Trinajstić information content (AvgIpc) is 3.19. The van der Waals surface area contributed by atoms with Crippen LogP contribution in [-0.2, 0) is 17.8 Å². The molecule has 31 heavy (non-hydrogen) atoms. The minimum absolute atomic E-state index is 0.148. The fraction of sp³-hybridized carbons (Fsp3) is 0.417. The standard InChI is InChI=1S/C24H30N4O3/c1-4-6-9-20-25-19-8-7-14-28(22(19)26-20)15-17-10-12-18(13-11-17)23(29)27-21(24(30)31)16(3)5-2/h7-8,10-14,16,21H,4-6,9,15H2,1-3H3,(H,27,29)(H,30,31)/t16-,21-/m0/s1. The van der Waals surface area contributed by atoms with Crippen molar-refractivity contribution in [2.24, 2.45) is 5.92 Å². The zero-order valence-electron chi connectivity index (χ0n) is 18.3. The molecule has 2 N–H and O–H groups in total. The monoisotopic (exact) mass is 422 g/mol. The molecule has 1 aromatic carbocycles. The molecule has 7 heteroatoms. The van der Waals surface area contributed by atoms with Crippen molar-refractivity contribution in [1.29, 1.82) is 0 Å². The molecule has 0 radical (unpaired) electrons. The zero-order valence-corrected chi connectivity index (χ0v) is 18.3. The number of carboxylic acid groups (broad SMARTS) is 1. The van der Waals surface area contributed by atoms with E-state index in [1.807, 2.05) is 44.3 Å². The maximum atomic E-state index is 12.5. The molecule has 3 rings (SSSR count). The van der Waals surface area contributed by atoms with Gasteiger partial charge in [0.15, 0.2) is 5.82 Å². The predicted molar refractivity (Wildman–Crippen MR) is 119 cm³/mol. The van der Waals surface area contributed by atoms with Crippen molar-refractivity contribution in [3.63, 3.8) is 0 Å². The number of fused-ring (bicyclic) bond motifs is 1. The normalized spacial score (nSPS) is 13.1. The van der Waals surface area contributed by atoms with Gasteiger partial charge in [0.2, 0.25) is 0 Å². The van der Waals surface area contributed by atoms with Crippen molar-refractivity contribution in [3.05, 3.63) is 59.5 Å². The first kappa shape index (κ1) is 22.5. The van der Waals surface area contributed by atoms with E-state index in [-0.39, 0.29) is 11.8 Å². The number of nitrogens with zero attached hydrogens (tertiary/aromatic N) is 3. The van der Waals surface area contributed by atoms with E-state index < -0.39 is 12.0 Å². The largest absolute Gasteiger partial charge is 0.480 e. The van der Waals surface area contributed by atoms with Crippen LogP contribution in [0.5, 0.6) is 0 Å². The van der Waals surface area contributed by atoms with Gasteiger partial charge in [0, 0.05) is 24.7 Å². The highest BCUT2D eigenvalue weighted by molar-refractivity contribution is 5.96. The molecule has 0 spiro atoms. The summed E-state index contributed by atoms with van der Waals surface area (Å²) in [6.45, 7) is 6.48. The third-order valence-corrected chi connectivity index (χ3v) is 5.59. The summed E-state index contributed by atoms with van der Waals surface area (Å²) in [4.78, 5) is 33.3. The molecule has 2 heterocycles. The van der Waals surface area contributed by atoms with Crippen LogP contribution in [0.15, 0.2) is 42.6 Å². The summed E-state index contributed by atoms with van der Waals surface area (Å²) in [6.07, 6.45) is 5.70. The van der Waals surface area contributed by atoms with Crippen molar-refractivity contribution in [2.75, 3.05) is 0 Å². The molecule has 1 aromatic rings. The maximum absolute atomic E-state index is 12.5. The summed E-state index contributed by atoms with van der Waals surface area (Å²) in [7, 11) is 0. The van der Waals surface area contributed by atoms with E-state index in [1.54, 1.807) is 12.1 Å². The van der Waals surface area contributed by atoms with Crippen LogP contribution < -0.4 is 5.32 Å². The van der Waals surface area contributed by atoms with Crippen LogP contribution >= 0.6 is 0 Å². The summed E-state index contributed by atoms with van der Waals surface area (Å²) in [5, 5.41) is 12.0. The number of aromatic nitrogens is 3. The minimum atomic E-state index is -1.02. The highest BCUT2D eigenvalue weighted by atomic mass is 16.4. The number of imidazole rings is 1. The fourth-order valence-electron chi connectivity index (χ4n) is 3.47. The van der Waals surface area contributed by atoms with Gasteiger partial charge in [-0.15, -0.1) is 0 Å². The van der Waals surface area contributed by atoms with Crippen molar-refractivity contribution < 1.29 is 14.7 Å². The lowest BCUT2D eigenvalue weighted by Crippen LogP contribution is -2.45. The van der Waals surface area contributed by atoms with Gasteiger partial charge in [0.05, 0.1) is 0 Å². The van der Waals surface area contributed by atoms with Crippen LogP contribution in [0.3, 0.4) is 0 Å². The highest BCUT2D eigenvalue weighted by Crippen LogP contribution is 2.21. The SMILES string of the molecule is CCCCc1nc2cccn(Cc3ccc(C(=O)N[C@H](C(=O)O)[C@@H](C)CC)cc3)c-2n1. The zero-order chi connectivity index (χ0) is 22.4. The molecule has 1 amide bonds. The van der Waals surface area contributed by atoms with Crippen LogP contribution in [0.2, 0.25) is 0 Å². The minimum Gasteiger partial charge on any atom is -0.480 e. The number of rotatable bonds is 10. The van der Waals surface area contributed by atoms with Crippen molar-refractivity contribution in [2.45, 2.75) is 59.0 Å². The lowest BCUT2D eigenvalue weighted by atomic mass is 9.99. The van der Waals surface area contributed by atoms with Crippen molar-refractivity contribution in [3.8, 4) is 11.5 Å². The van der Waals surface area contributed by atoms with E-state index in [9.17, 15) is 14.7 Å². The molecule has 7 nitrogen and oxygen atoms in total. The molecule has 0 aliphatic carbocycles. The van der Waals surface area contributed by atoms with Gasteiger partial charge >= 0.3 is 5.97 Å². The summed E-state index contributed by atoms with van der Waals surface area (Å²) in [5.41, 5.74) is 2.34. The Labute approximate surface area is 182 Å². The number of carboxylic acids is 1. The molecular formula is C24H30N4O3. The number of hydrogen-bond acceptors (Lipinski definition) is 4. The number of pyridine rings is 1. The van der Waals surface area contributed by atoms with E-state index in [0.717, 1.165) is 42.2 Å². The van der Waals surface area contributed by atoms with Crippen LogP contribution in [0.25, 0.3) is 11.5 Å². The second-order valence-corrected chi connectivity index (χ2v) is 7.96. The van der Waals surface area contributed by atoms with Gasteiger partial charge in [0.1, 0.15) is 17.6 Å². The molecular weight excluding hydrogens is 392 g/mol. The highest BCUT2D eigenvalue weighted by Gasteiger charge is 2.25. The second-order valence-electron chi connectivity index (χ2n) is 7.96. The third kappa shape index (κ3) is 5.48. The molecule has 0 bridgehead atoms. The molecule has 0 unspecified atom stereocenters. The molecule has 0 aromatic heterocycles. The number of amides is 1. The van der Waals surface area contributed by atoms with Gasteiger partial charge in [-0.2, -0.15) is 0 Å². The predicted octanol–water partition coefficient (Wildman–Crippen LogP) is 4.00. The van der Waals surface area contributed by atoms with Gasteiger partial charge in [-0.1, -0.05) is 45.7 Å². The Hall–Kier alpha value is -3.22. The van der Waals surface area contributed by atoms with E-state index in [4.69, 9.17) is 4.98 Å². The van der Waals surface area contributed by atoms with Crippen LogP contribution in [0.4, 0.5) is 0 Å². The Balaban J connectivity index is 1.71. The molecule has 2 aliphatic rings. The first-order valence-corrected chi connectivity index (χ1v) is 10.9. The average molecular weight is 423 g/mol. The molecule has 0 fully saturated rings. The fourth-order valence-corrected chi connectivity index (χ4v) is 3.47. The van der Waals surface area contributed by atoms with E-state index >= 15 is 0 Å². The molecule has 164 valence electrons. The number of benzene rings is 1. The summed E-state index contributed by atoms with van der Waals surface area (Å²) < 4.78 is 2.05. The van der Waals surface area contributed by atoms with E-state index in [1.165, 1.54) is 0 Å². The van der Waals surface area contributed by atoms with Gasteiger partial charge in [-0.25, -0.2) is 14.8 Å². The van der Waals surface area contributed by atoms with E-state index in [2.05, 4.69) is 21.8 Å². The number of nitrogens with one attached hydrogen (secondary N) is 1. The van der Waals surface area contributed by atoms with Gasteiger partial charge in [-0.05, 0) is 42.2 Å². The van der Waals surface area contributed by atoms with Crippen LogP contribution in [0, 0.1) is 5.92 Å². The Kier molecular flexibility index (Phi) is 7.39. The number of aliphatic carboxylic acids is 1. The van der Waals surface area contributed by atoms with Gasteiger partial charge in [0.25, 0.3) is 5.91 Å². The quantitative estimate of drug-likeness (QED) is 0.515. The van der Waals surface area contributed by atoms with Crippen LogP contribution in [-0.4, -0.2) is 37.6 Å². The second kappa shape index (κ2) is 10.2. The molecule has 2 aliphatic heterocycles. The number of carbonyl (C=O) groups excluding carboxylic acids is 1. The maximum Gasteiger partial charge on any atom is 0.326 e. The molecule has 0 saturated carbocycles. The summed E-state index contributed by atoms with van der Waals surface area (Å²) in [6, 6.07) is 10.3. The first-order chi connectivity index (χ1) is 14.9. The first-order valence-electron chi connectivity index (χ1n) is 10.9. The Bertz CT molecular complexity index is 996. The lowest BCUT2D eigenvalue weighted by molar-refractivity contribution is -0.140. The topological polar surface area (TPSA) is 97.1 Å². The number of unbranched alkanes of at least 4 members (excludes halogenated alkanes) is 1.